The van der Waals surface area contributed by atoms with Gasteiger partial charge < -0.3 is 14.7 Å². The Kier molecular flexibility index (Phi) is 5.19. The third-order valence-corrected chi connectivity index (χ3v) is 4.73. The molecule has 0 aromatic carbocycles. The number of rotatable bonds is 5. The number of piperidine rings is 1. The molecule has 1 aliphatic rings. The molecule has 122 valence electrons. The minimum Gasteiger partial charge on any atom is -0.387 e. The molecule has 0 radical (unpaired) electrons. The summed E-state index contributed by atoms with van der Waals surface area (Å²) in [5.74, 6) is 0.136. The molecule has 0 saturated carbocycles. The smallest absolute Gasteiger partial charge is 0.222 e. The van der Waals surface area contributed by atoms with E-state index in [1.54, 1.807) is 19.5 Å². The van der Waals surface area contributed by atoms with Crippen LogP contribution in [0.25, 0.3) is 0 Å². The van der Waals surface area contributed by atoms with Gasteiger partial charge in [0.15, 0.2) is 0 Å². The van der Waals surface area contributed by atoms with Crippen LogP contribution in [0.1, 0.15) is 32.3 Å². The molecule has 22 heavy (non-hydrogen) atoms. The SMILES string of the molecule is COC[C@]1(O)CCN(C(=O)CCc2cccnc2)CC1(C)C. The van der Waals surface area contributed by atoms with E-state index in [9.17, 15) is 9.90 Å². The summed E-state index contributed by atoms with van der Waals surface area (Å²) in [6.45, 7) is 5.42. The first kappa shape index (κ1) is 16.9. The van der Waals surface area contributed by atoms with Crippen molar-refractivity contribution in [2.24, 2.45) is 5.41 Å². The summed E-state index contributed by atoms with van der Waals surface area (Å²) in [7, 11) is 1.60. The van der Waals surface area contributed by atoms with Crippen LogP contribution >= 0.6 is 0 Å². The standard InChI is InChI=1S/C17H26N2O3/c1-16(2)12-19(10-8-17(16,21)13-22-3)15(20)7-6-14-5-4-9-18-11-14/h4-5,9,11,21H,6-8,10,12-13H2,1-3H3/t17-/m1/s1. The van der Waals surface area contributed by atoms with Gasteiger partial charge in [-0.05, 0) is 24.5 Å². The van der Waals surface area contributed by atoms with E-state index in [-0.39, 0.29) is 11.3 Å². The Labute approximate surface area is 132 Å². The average molecular weight is 306 g/mol. The molecule has 1 fully saturated rings. The van der Waals surface area contributed by atoms with E-state index < -0.39 is 5.60 Å². The number of pyridine rings is 1. The second-order valence-electron chi connectivity index (χ2n) is 6.78. The fourth-order valence-electron chi connectivity index (χ4n) is 3.04. The number of amides is 1. The predicted octanol–water partition coefficient (Wildman–Crippen LogP) is 1.65. The molecule has 1 amide bonds. The lowest BCUT2D eigenvalue weighted by atomic mass is 9.70. The Hall–Kier alpha value is -1.46. The zero-order valence-electron chi connectivity index (χ0n) is 13.7. The first-order chi connectivity index (χ1) is 10.4. The molecule has 5 nitrogen and oxygen atoms in total. The third-order valence-electron chi connectivity index (χ3n) is 4.73. The van der Waals surface area contributed by atoms with Crippen molar-refractivity contribution in [1.82, 2.24) is 9.88 Å². The van der Waals surface area contributed by atoms with Gasteiger partial charge >= 0.3 is 0 Å². The number of aliphatic hydroxyl groups is 1. The van der Waals surface area contributed by atoms with Crippen LogP contribution in [-0.4, -0.2) is 53.3 Å². The summed E-state index contributed by atoms with van der Waals surface area (Å²) in [4.78, 5) is 18.3. The van der Waals surface area contributed by atoms with Gasteiger partial charge in [0, 0.05) is 44.4 Å². The number of ether oxygens (including phenoxy) is 1. The molecule has 0 spiro atoms. The number of nitrogens with zero attached hydrogens (tertiary/aromatic N) is 2. The molecule has 0 aliphatic carbocycles. The van der Waals surface area contributed by atoms with Gasteiger partial charge in [-0.1, -0.05) is 19.9 Å². The van der Waals surface area contributed by atoms with Crippen molar-refractivity contribution < 1.29 is 14.6 Å². The van der Waals surface area contributed by atoms with Crippen LogP contribution < -0.4 is 0 Å². The first-order valence-electron chi connectivity index (χ1n) is 7.76. The highest BCUT2D eigenvalue weighted by Gasteiger charge is 2.48. The van der Waals surface area contributed by atoms with Gasteiger partial charge in [-0.15, -0.1) is 0 Å². The fraction of sp³-hybridized carbons (Fsp3) is 0.647. The largest absolute Gasteiger partial charge is 0.387 e. The van der Waals surface area contributed by atoms with Crippen molar-refractivity contribution in [1.29, 1.82) is 0 Å². The fourth-order valence-corrected chi connectivity index (χ4v) is 3.04. The maximum Gasteiger partial charge on any atom is 0.222 e. The van der Waals surface area contributed by atoms with Gasteiger partial charge in [0.1, 0.15) is 0 Å². The van der Waals surface area contributed by atoms with Crippen LogP contribution in [0.4, 0.5) is 0 Å². The number of aryl methyl sites for hydroxylation is 1. The summed E-state index contributed by atoms with van der Waals surface area (Å²) >= 11 is 0. The van der Waals surface area contributed by atoms with Gasteiger partial charge in [-0.2, -0.15) is 0 Å². The first-order valence-corrected chi connectivity index (χ1v) is 7.76. The number of hydrogen-bond acceptors (Lipinski definition) is 4. The van der Waals surface area contributed by atoms with E-state index in [1.165, 1.54) is 0 Å². The summed E-state index contributed by atoms with van der Waals surface area (Å²) in [6, 6.07) is 3.87. The van der Waals surface area contributed by atoms with Crippen LogP contribution in [-0.2, 0) is 16.0 Å². The highest BCUT2D eigenvalue weighted by molar-refractivity contribution is 5.76. The monoisotopic (exact) mass is 306 g/mol. The lowest BCUT2D eigenvalue weighted by Crippen LogP contribution is -2.60. The van der Waals surface area contributed by atoms with Crippen molar-refractivity contribution in [2.75, 3.05) is 26.8 Å². The predicted molar refractivity (Wildman–Crippen MR) is 84.4 cm³/mol. The zero-order valence-corrected chi connectivity index (χ0v) is 13.7. The number of aromatic nitrogens is 1. The molecular formula is C17H26N2O3. The van der Waals surface area contributed by atoms with Crippen molar-refractivity contribution >= 4 is 5.91 Å². The molecule has 1 aromatic rings. The van der Waals surface area contributed by atoms with Gasteiger partial charge in [0.25, 0.3) is 0 Å². The molecule has 1 saturated heterocycles. The molecule has 2 rings (SSSR count). The summed E-state index contributed by atoms with van der Waals surface area (Å²) < 4.78 is 5.16. The Balaban J connectivity index is 1.93. The van der Waals surface area contributed by atoms with Gasteiger partial charge in [-0.25, -0.2) is 0 Å². The van der Waals surface area contributed by atoms with E-state index in [2.05, 4.69) is 4.98 Å². The molecule has 1 atom stereocenters. The lowest BCUT2D eigenvalue weighted by Gasteiger charge is -2.50. The van der Waals surface area contributed by atoms with Gasteiger partial charge in [0.2, 0.25) is 5.91 Å². The van der Waals surface area contributed by atoms with Crippen LogP contribution in [0.3, 0.4) is 0 Å². The van der Waals surface area contributed by atoms with Crippen molar-refractivity contribution in [2.45, 2.75) is 38.7 Å². The summed E-state index contributed by atoms with van der Waals surface area (Å²) in [5, 5.41) is 10.7. The van der Waals surface area contributed by atoms with Crippen LogP contribution in [0, 0.1) is 5.41 Å². The molecule has 0 bridgehead atoms. The third kappa shape index (κ3) is 3.65. The minimum atomic E-state index is -0.873. The average Bonchev–Trinajstić information content (AvgIpc) is 2.49. The Morgan fingerprint density at radius 2 is 2.27 bits per heavy atom. The Bertz CT molecular complexity index is 504. The van der Waals surface area contributed by atoms with E-state index >= 15 is 0 Å². The van der Waals surface area contributed by atoms with E-state index in [0.717, 1.165) is 5.56 Å². The van der Waals surface area contributed by atoms with Crippen molar-refractivity contribution in [3.63, 3.8) is 0 Å². The second kappa shape index (κ2) is 6.75. The number of hydrogen-bond donors (Lipinski definition) is 1. The molecular weight excluding hydrogens is 280 g/mol. The van der Waals surface area contributed by atoms with E-state index in [0.29, 0.717) is 39.0 Å². The second-order valence-corrected chi connectivity index (χ2v) is 6.78. The summed E-state index contributed by atoms with van der Waals surface area (Å²) in [6.07, 6.45) is 5.25. The Morgan fingerprint density at radius 3 is 2.86 bits per heavy atom. The lowest BCUT2D eigenvalue weighted by molar-refractivity contribution is -0.163. The van der Waals surface area contributed by atoms with Gasteiger partial charge in [-0.3, -0.25) is 9.78 Å². The number of methoxy groups -OCH3 is 1. The van der Waals surface area contributed by atoms with Crippen LogP contribution in [0.5, 0.6) is 0 Å². The number of likely N-dealkylation sites (tertiary alicyclic amines) is 1. The zero-order chi connectivity index (χ0) is 16.2. The van der Waals surface area contributed by atoms with E-state index in [1.807, 2.05) is 30.9 Å². The maximum absolute atomic E-state index is 12.4. The highest BCUT2D eigenvalue weighted by Crippen LogP contribution is 2.39. The molecule has 0 unspecified atom stereocenters. The quantitative estimate of drug-likeness (QED) is 0.898. The molecule has 1 aromatic heterocycles. The van der Waals surface area contributed by atoms with Crippen LogP contribution in [0.2, 0.25) is 0 Å². The Morgan fingerprint density at radius 1 is 1.50 bits per heavy atom. The number of carbonyl (C=O) groups excluding carboxylic acids is 1. The molecule has 5 heteroatoms. The van der Waals surface area contributed by atoms with E-state index in [4.69, 9.17) is 4.74 Å². The normalized spacial score (nSPS) is 24.3. The van der Waals surface area contributed by atoms with Gasteiger partial charge in [0.05, 0.1) is 12.2 Å². The molecule has 1 aliphatic heterocycles. The van der Waals surface area contributed by atoms with Crippen molar-refractivity contribution in [3.05, 3.63) is 30.1 Å². The van der Waals surface area contributed by atoms with Crippen LogP contribution in [0.15, 0.2) is 24.5 Å². The maximum atomic E-state index is 12.4. The molecule has 2 heterocycles. The van der Waals surface area contributed by atoms with Crippen molar-refractivity contribution in [3.8, 4) is 0 Å². The topological polar surface area (TPSA) is 62.7 Å². The number of carbonyl (C=O) groups is 1. The summed E-state index contributed by atoms with van der Waals surface area (Å²) in [5.41, 5.74) is -0.185. The minimum absolute atomic E-state index is 0.136. The highest BCUT2D eigenvalue weighted by atomic mass is 16.5. The molecule has 1 N–H and O–H groups in total.